The predicted octanol–water partition coefficient (Wildman–Crippen LogP) is -1.00. The molecule has 0 unspecified atom stereocenters. The highest BCUT2D eigenvalue weighted by molar-refractivity contribution is 5.92. The smallest absolute Gasteiger partial charge is 0.245 e. The van der Waals surface area contributed by atoms with Crippen LogP contribution in [0.2, 0.25) is 0 Å². The van der Waals surface area contributed by atoms with Gasteiger partial charge in [-0.05, 0) is 13.8 Å². The van der Waals surface area contributed by atoms with E-state index in [2.05, 4.69) is 0 Å². The number of nitrogens with two attached hydrogens (primary N) is 1. The van der Waals surface area contributed by atoms with Gasteiger partial charge < -0.3 is 5.73 Å². The van der Waals surface area contributed by atoms with E-state index in [1.54, 1.807) is 0 Å². The van der Waals surface area contributed by atoms with Crippen molar-refractivity contribution in [1.82, 2.24) is 5.32 Å². The molecular formula is C5H10N2O2. The van der Waals surface area contributed by atoms with Crippen molar-refractivity contribution in [1.29, 1.82) is 0 Å². The van der Waals surface area contributed by atoms with E-state index in [-0.39, 0.29) is 0 Å². The molecule has 0 aromatic rings. The predicted molar refractivity (Wildman–Crippen MR) is 32.5 cm³/mol. The molecule has 0 spiro atoms. The quantitative estimate of drug-likeness (QED) is 0.471. The molecule has 0 heterocycles. The molecular weight excluding hydrogens is 120 g/mol. The Balaban J connectivity index is 3.88. The van der Waals surface area contributed by atoms with Crippen molar-refractivity contribution in [2.75, 3.05) is 0 Å². The first kappa shape index (κ1) is 8.10. The Morgan fingerprint density at radius 2 is 2.11 bits per heavy atom. The number of amides is 2. The second-order valence-corrected chi connectivity index (χ2v) is 2.31. The number of nitrogens with one attached hydrogen (secondary N) is 1. The summed E-state index contributed by atoms with van der Waals surface area (Å²) in [6.07, 6.45) is 0.316. The molecule has 0 aromatic carbocycles. The lowest BCUT2D eigenvalue weighted by Crippen LogP contribution is -2.48. The van der Waals surface area contributed by atoms with Crippen molar-refractivity contribution in [3.8, 4) is 0 Å². The monoisotopic (exact) mass is 130 g/mol. The van der Waals surface area contributed by atoms with Crippen LogP contribution in [-0.2, 0) is 9.59 Å². The zero-order valence-electron chi connectivity index (χ0n) is 5.47. The molecule has 3 N–H and O–H groups in total. The molecule has 0 radical (unpaired) electrons. The van der Waals surface area contributed by atoms with Gasteiger partial charge in [0.15, 0.2) is 0 Å². The minimum absolute atomic E-state index is 0.316. The van der Waals surface area contributed by atoms with E-state index in [9.17, 15) is 9.59 Å². The highest BCUT2D eigenvalue weighted by atomic mass is 16.2. The van der Waals surface area contributed by atoms with Crippen LogP contribution in [0.1, 0.15) is 13.8 Å². The fraction of sp³-hybridized carbons (Fsp3) is 0.600. The number of hydrogen-bond acceptors (Lipinski definition) is 3. The molecule has 2 amide bonds. The van der Waals surface area contributed by atoms with Crippen molar-refractivity contribution in [2.45, 2.75) is 19.4 Å². The normalized spacial score (nSPS) is 10.6. The molecule has 0 rings (SSSR count). The van der Waals surface area contributed by atoms with Gasteiger partial charge in [-0.15, -0.1) is 0 Å². The minimum atomic E-state index is -0.971. The Bertz CT molecular complexity index is 125. The molecule has 52 valence electrons. The number of imide groups is 1. The zero-order chi connectivity index (χ0) is 7.49. The van der Waals surface area contributed by atoms with Crippen molar-refractivity contribution >= 4 is 12.3 Å². The van der Waals surface area contributed by atoms with Crippen molar-refractivity contribution < 1.29 is 9.59 Å². The van der Waals surface area contributed by atoms with Crippen LogP contribution in [0, 0.1) is 0 Å². The standard InChI is InChI=1S/C5H10N2O2/c1-5(2,6)4(9)7-3-8/h3H,6H2,1-2H3,(H,7,8,9). The summed E-state index contributed by atoms with van der Waals surface area (Å²) in [6, 6.07) is 0. The molecule has 4 nitrogen and oxygen atoms in total. The van der Waals surface area contributed by atoms with E-state index in [0.717, 1.165) is 0 Å². The van der Waals surface area contributed by atoms with Crippen LogP contribution in [0.15, 0.2) is 0 Å². The van der Waals surface area contributed by atoms with Crippen LogP contribution in [0.3, 0.4) is 0 Å². The van der Waals surface area contributed by atoms with Crippen LogP contribution >= 0.6 is 0 Å². The third-order valence-corrected chi connectivity index (χ3v) is 0.775. The van der Waals surface area contributed by atoms with Gasteiger partial charge in [-0.3, -0.25) is 14.9 Å². The number of carbonyl (C=O) groups is 2. The van der Waals surface area contributed by atoms with Crippen molar-refractivity contribution in [2.24, 2.45) is 5.73 Å². The lowest BCUT2D eigenvalue weighted by atomic mass is 10.1. The van der Waals surface area contributed by atoms with Gasteiger partial charge in [0, 0.05) is 0 Å². The lowest BCUT2D eigenvalue weighted by molar-refractivity contribution is -0.128. The maximum atomic E-state index is 10.6. The fourth-order valence-electron chi connectivity index (χ4n) is 0.240. The number of carbonyl (C=O) groups excluding carboxylic acids is 2. The second-order valence-electron chi connectivity index (χ2n) is 2.31. The zero-order valence-corrected chi connectivity index (χ0v) is 5.47. The van der Waals surface area contributed by atoms with E-state index in [0.29, 0.717) is 6.41 Å². The highest BCUT2D eigenvalue weighted by Gasteiger charge is 2.20. The van der Waals surface area contributed by atoms with E-state index in [1.807, 2.05) is 5.32 Å². The summed E-state index contributed by atoms with van der Waals surface area (Å²) >= 11 is 0. The molecule has 0 saturated heterocycles. The van der Waals surface area contributed by atoms with Crippen LogP contribution in [0.25, 0.3) is 0 Å². The molecule has 0 saturated carbocycles. The third kappa shape index (κ3) is 2.81. The Labute approximate surface area is 53.4 Å². The van der Waals surface area contributed by atoms with Crippen LogP contribution in [0.5, 0.6) is 0 Å². The Morgan fingerprint density at radius 1 is 1.67 bits per heavy atom. The summed E-state index contributed by atoms with van der Waals surface area (Å²) in [6.45, 7) is 3.04. The number of rotatable bonds is 2. The van der Waals surface area contributed by atoms with E-state index in [4.69, 9.17) is 5.73 Å². The van der Waals surface area contributed by atoms with E-state index in [1.165, 1.54) is 13.8 Å². The van der Waals surface area contributed by atoms with Gasteiger partial charge in [-0.25, -0.2) is 0 Å². The minimum Gasteiger partial charge on any atom is -0.318 e. The van der Waals surface area contributed by atoms with Crippen molar-refractivity contribution in [3.63, 3.8) is 0 Å². The topological polar surface area (TPSA) is 72.2 Å². The summed E-state index contributed by atoms with van der Waals surface area (Å²) < 4.78 is 0. The van der Waals surface area contributed by atoms with Gasteiger partial charge in [0.25, 0.3) is 0 Å². The van der Waals surface area contributed by atoms with Gasteiger partial charge in [0.1, 0.15) is 0 Å². The Kier molecular flexibility index (Phi) is 2.33. The average Bonchev–Trinajstić information content (AvgIpc) is 1.64. The summed E-state index contributed by atoms with van der Waals surface area (Å²) in [5.41, 5.74) is 4.32. The number of hydrogen-bond donors (Lipinski definition) is 2. The van der Waals surface area contributed by atoms with E-state index < -0.39 is 11.4 Å². The molecule has 4 heteroatoms. The third-order valence-electron chi connectivity index (χ3n) is 0.775. The average molecular weight is 130 g/mol. The Hall–Kier alpha value is -0.900. The van der Waals surface area contributed by atoms with Crippen LogP contribution in [-0.4, -0.2) is 17.9 Å². The Morgan fingerprint density at radius 3 is 2.22 bits per heavy atom. The van der Waals surface area contributed by atoms with Gasteiger partial charge in [-0.2, -0.15) is 0 Å². The first-order valence-corrected chi connectivity index (χ1v) is 2.52. The molecule has 0 aliphatic rings. The second kappa shape index (κ2) is 2.59. The first-order chi connectivity index (χ1) is 3.98. The fourth-order valence-corrected chi connectivity index (χ4v) is 0.240. The molecule has 0 aliphatic heterocycles. The van der Waals surface area contributed by atoms with E-state index >= 15 is 0 Å². The molecule has 0 aromatic heterocycles. The summed E-state index contributed by atoms with van der Waals surface area (Å²) in [5, 5.41) is 1.94. The molecule has 0 fully saturated rings. The maximum Gasteiger partial charge on any atom is 0.245 e. The highest BCUT2D eigenvalue weighted by Crippen LogP contribution is 1.93. The summed E-state index contributed by atoms with van der Waals surface area (Å²) in [7, 11) is 0. The first-order valence-electron chi connectivity index (χ1n) is 2.52. The van der Waals surface area contributed by atoms with Crippen LogP contribution < -0.4 is 11.1 Å². The molecule has 0 atom stereocenters. The maximum absolute atomic E-state index is 10.6. The molecule has 0 bridgehead atoms. The molecule has 9 heavy (non-hydrogen) atoms. The van der Waals surface area contributed by atoms with Gasteiger partial charge >= 0.3 is 0 Å². The van der Waals surface area contributed by atoms with Crippen LogP contribution in [0.4, 0.5) is 0 Å². The summed E-state index contributed by atoms with van der Waals surface area (Å²) in [4.78, 5) is 20.3. The summed E-state index contributed by atoms with van der Waals surface area (Å²) in [5.74, 6) is -0.475. The van der Waals surface area contributed by atoms with Crippen molar-refractivity contribution in [3.05, 3.63) is 0 Å². The largest absolute Gasteiger partial charge is 0.318 e. The lowest BCUT2D eigenvalue weighted by Gasteiger charge is -2.14. The molecule has 0 aliphatic carbocycles. The van der Waals surface area contributed by atoms with Gasteiger partial charge in [0.2, 0.25) is 12.3 Å². The SMILES string of the molecule is CC(C)(N)C(=O)NC=O. The van der Waals surface area contributed by atoms with Gasteiger partial charge in [0.05, 0.1) is 5.54 Å². The van der Waals surface area contributed by atoms with Gasteiger partial charge in [-0.1, -0.05) is 0 Å².